The smallest absolute Gasteiger partial charge is 0.220 e. The lowest BCUT2D eigenvalue weighted by Gasteiger charge is -2.44. The molecule has 1 heterocycles. The highest BCUT2D eigenvalue weighted by Crippen LogP contribution is 2.16. The third-order valence-corrected chi connectivity index (χ3v) is 5.50. The standard InChI is InChI=1S/C21H35N3O/c1-5-23-13-15-24(16-14-23)21(3,4)17-22-20(25)12-8-11-19-10-7-6-9-18(19)2/h6-7,9-10H,5,8,11-17H2,1-4H3,(H,22,25). The largest absolute Gasteiger partial charge is 0.354 e. The Kier molecular flexibility index (Phi) is 7.45. The third-order valence-electron chi connectivity index (χ3n) is 5.50. The highest BCUT2D eigenvalue weighted by Gasteiger charge is 2.29. The molecule has 1 N–H and O–H groups in total. The first-order valence-corrected chi connectivity index (χ1v) is 9.71. The zero-order valence-corrected chi connectivity index (χ0v) is 16.5. The Morgan fingerprint density at radius 1 is 1.16 bits per heavy atom. The Morgan fingerprint density at radius 2 is 1.84 bits per heavy atom. The van der Waals surface area contributed by atoms with E-state index in [9.17, 15) is 4.79 Å². The molecule has 0 saturated carbocycles. The van der Waals surface area contributed by atoms with E-state index in [-0.39, 0.29) is 11.4 Å². The predicted molar refractivity (Wildman–Crippen MR) is 105 cm³/mol. The first-order valence-electron chi connectivity index (χ1n) is 9.71. The first-order chi connectivity index (χ1) is 11.9. The molecule has 0 bridgehead atoms. The number of hydrogen-bond acceptors (Lipinski definition) is 3. The monoisotopic (exact) mass is 345 g/mol. The second-order valence-corrected chi connectivity index (χ2v) is 7.79. The van der Waals surface area contributed by atoms with Crippen molar-refractivity contribution in [2.75, 3.05) is 39.3 Å². The van der Waals surface area contributed by atoms with Crippen molar-refractivity contribution in [2.24, 2.45) is 0 Å². The highest BCUT2D eigenvalue weighted by atomic mass is 16.1. The van der Waals surface area contributed by atoms with E-state index in [2.05, 4.69) is 67.1 Å². The maximum atomic E-state index is 12.2. The average Bonchev–Trinajstić information content (AvgIpc) is 2.62. The molecule has 0 aromatic heterocycles. The quantitative estimate of drug-likeness (QED) is 0.787. The second kappa shape index (κ2) is 9.35. The van der Waals surface area contributed by atoms with Crippen molar-refractivity contribution in [3.05, 3.63) is 35.4 Å². The molecule has 4 heteroatoms. The Bertz CT molecular complexity index is 548. The number of likely N-dealkylation sites (N-methyl/N-ethyl adjacent to an activating group) is 1. The molecule has 1 aliphatic rings. The minimum absolute atomic E-state index is 0.0194. The summed E-state index contributed by atoms with van der Waals surface area (Å²) in [6, 6.07) is 8.43. The Balaban J connectivity index is 1.69. The number of nitrogens with one attached hydrogen (secondary N) is 1. The number of amides is 1. The first kappa shape index (κ1) is 19.9. The molecule has 1 saturated heterocycles. The molecule has 4 nitrogen and oxygen atoms in total. The van der Waals surface area contributed by atoms with Crippen molar-refractivity contribution in [2.45, 2.75) is 52.5 Å². The van der Waals surface area contributed by atoms with Gasteiger partial charge in [-0.3, -0.25) is 9.69 Å². The minimum Gasteiger partial charge on any atom is -0.354 e. The minimum atomic E-state index is 0.0194. The van der Waals surface area contributed by atoms with Crippen LogP contribution in [0, 0.1) is 6.92 Å². The van der Waals surface area contributed by atoms with Gasteiger partial charge in [-0.15, -0.1) is 0 Å². The molecular weight excluding hydrogens is 310 g/mol. The lowest BCUT2D eigenvalue weighted by Crippen LogP contribution is -2.58. The predicted octanol–water partition coefficient (Wildman–Crippen LogP) is 2.85. The molecule has 25 heavy (non-hydrogen) atoms. The zero-order chi connectivity index (χ0) is 18.3. The van der Waals surface area contributed by atoms with Gasteiger partial charge in [-0.25, -0.2) is 0 Å². The van der Waals surface area contributed by atoms with E-state index in [1.807, 2.05) is 0 Å². The number of carbonyl (C=O) groups excluding carboxylic acids is 1. The van der Waals surface area contributed by atoms with Crippen LogP contribution in [0.2, 0.25) is 0 Å². The average molecular weight is 346 g/mol. The zero-order valence-electron chi connectivity index (χ0n) is 16.5. The summed E-state index contributed by atoms with van der Waals surface area (Å²) in [7, 11) is 0. The van der Waals surface area contributed by atoms with E-state index in [1.165, 1.54) is 11.1 Å². The van der Waals surface area contributed by atoms with Crippen LogP contribution in [-0.2, 0) is 11.2 Å². The van der Waals surface area contributed by atoms with E-state index in [4.69, 9.17) is 0 Å². The molecule has 1 aliphatic heterocycles. The van der Waals surface area contributed by atoms with Gasteiger partial charge in [-0.2, -0.15) is 0 Å². The van der Waals surface area contributed by atoms with Crippen molar-refractivity contribution in [3.8, 4) is 0 Å². The van der Waals surface area contributed by atoms with E-state index in [0.29, 0.717) is 6.42 Å². The SMILES string of the molecule is CCN1CCN(C(C)(C)CNC(=O)CCCc2ccccc2C)CC1. The fraction of sp³-hybridized carbons (Fsp3) is 0.667. The summed E-state index contributed by atoms with van der Waals surface area (Å²) in [6.07, 6.45) is 2.49. The lowest BCUT2D eigenvalue weighted by molar-refractivity contribution is -0.121. The summed E-state index contributed by atoms with van der Waals surface area (Å²) < 4.78 is 0. The van der Waals surface area contributed by atoms with Gasteiger partial charge >= 0.3 is 0 Å². The maximum absolute atomic E-state index is 12.2. The number of nitrogens with zero attached hydrogens (tertiary/aromatic N) is 2. The second-order valence-electron chi connectivity index (χ2n) is 7.79. The molecule has 0 unspecified atom stereocenters. The van der Waals surface area contributed by atoms with Crippen LogP contribution in [0.1, 0.15) is 44.7 Å². The molecule has 0 radical (unpaired) electrons. The number of carbonyl (C=O) groups is 1. The van der Waals surface area contributed by atoms with Gasteiger partial charge in [0.2, 0.25) is 5.91 Å². The number of piperazine rings is 1. The van der Waals surface area contributed by atoms with Crippen LogP contribution in [0.3, 0.4) is 0 Å². The van der Waals surface area contributed by atoms with Crippen LogP contribution in [0.15, 0.2) is 24.3 Å². The van der Waals surface area contributed by atoms with Gasteiger partial charge in [-0.05, 0) is 51.3 Å². The van der Waals surface area contributed by atoms with Gasteiger partial charge in [0.15, 0.2) is 0 Å². The van der Waals surface area contributed by atoms with Crippen LogP contribution >= 0.6 is 0 Å². The summed E-state index contributed by atoms with van der Waals surface area (Å²) in [5, 5.41) is 3.15. The molecular formula is C21H35N3O. The van der Waals surface area contributed by atoms with Gasteiger partial charge < -0.3 is 10.2 Å². The van der Waals surface area contributed by atoms with Crippen molar-refractivity contribution < 1.29 is 4.79 Å². The molecule has 1 fully saturated rings. The van der Waals surface area contributed by atoms with Gasteiger partial charge in [-0.1, -0.05) is 31.2 Å². The van der Waals surface area contributed by atoms with E-state index in [0.717, 1.165) is 52.1 Å². The molecule has 0 spiro atoms. The molecule has 1 amide bonds. The summed E-state index contributed by atoms with van der Waals surface area (Å²) >= 11 is 0. The molecule has 2 rings (SSSR count). The summed E-state index contributed by atoms with van der Waals surface area (Å²) in [6.45, 7) is 15.1. The Labute approximate surface area is 153 Å². The van der Waals surface area contributed by atoms with Crippen molar-refractivity contribution in [1.29, 1.82) is 0 Å². The van der Waals surface area contributed by atoms with Crippen LogP contribution < -0.4 is 5.32 Å². The van der Waals surface area contributed by atoms with Gasteiger partial charge in [0.25, 0.3) is 0 Å². The molecule has 140 valence electrons. The fourth-order valence-electron chi connectivity index (χ4n) is 3.51. The molecule has 0 atom stereocenters. The van der Waals surface area contributed by atoms with Gasteiger partial charge in [0.05, 0.1) is 0 Å². The van der Waals surface area contributed by atoms with E-state index >= 15 is 0 Å². The number of hydrogen-bond donors (Lipinski definition) is 1. The van der Waals surface area contributed by atoms with Crippen LogP contribution in [0.5, 0.6) is 0 Å². The van der Waals surface area contributed by atoms with Gasteiger partial charge in [0, 0.05) is 44.7 Å². The number of benzene rings is 1. The fourth-order valence-corrected chi connectivity index (χ4v) is 3.51. The summed E-state index contributed by atoms with van der Waals surface area (Å²) in [5.41, 5.74) is 2.69. The van der Waals surface area contributed by atoms with Crippen molar-refractivity contribution in [3.63, 3.8) is 0 Å². The van der Waals surface area contributed by atoms with Gasteiger partial charge in [0.1, 0.15) is 0 Å². The molecule has 1 aromatic carbocycles. The normalized spacial score (nSPS) is 16.8. The van der Waals surface area contributed by atoms with Crippen LogP contribution in [-0.4, -0.2) is 60.5 Å². The number of aryl methyl sites for hydroxylation is 2. The molecule has 0 aliphatic carbocycles. The number of rotatable bonds is 8. The summed E-state index contributed by atoms with van der Waals surface area (Å²) in [5.74, 6) is 0.175. The lowest BCUT2D eigenvalue weighted by atomic mass is 10.0. The van der Waals surface area contributed by atoms with Crippen molar-refractivity contribution in [1.82, 2.24) is 15.1 Å². The maximum Gasteiger partial charge on any atom is 0.220 e. The molecule has 1 aromatic rings. The third kappa shape index (κ3) is 6.12. The summed E-state index contributed by atoms with van der Waals surface area (Å²) in [4.78, 5) is 17.2. The van der Waals surface area contributed by atoms with E-state index in [1.54, 1.807) is 0 Å². The van der Waals surface area contributed by atoms with Crippen LogP contribution in [0.4, 0.5) is 0 Å². The Hall–Kier alpha value is -1.39. The highest BCUT2D eigenvalue weighted by molar-refractivity contribution is 5.75. The topological polar surface area (TPSA) is 35.6 Å². The Morgan fingerprint density at radius 3 is 2.48 bits per heavy atom. The van der Waals surface area contributed by atoms with Crippen LogP contribution in [0.25, 0.3) is 0 Å². The van der Waals surface area contributed by atoms with Crippen molar-refractivity contribution >= 4 is 5.91 Å². The van der Waals surface area contributed by atoms with E-state index < -0.39 is 0 Å².